The predicted molar refractivity (Wildman–Crippen MR) is 68.8 cm³/mol. The van der Waals surface area contributed by atoms with Crippen molar-refractivity contribution in [1.82, 2.24) is 0 Å². The molecule has 3 nitrogen and oxygen atoms in total. The van der Waals surface area contributed by atoms with Gasteiger partial charge in [0, 0.05) is 5.56 Å². The summed E-state index contributed by atoms with van der Waals surface area (Å²) in [7, 11) is 0. The lowest BCUT2D eigenvalue weighted by Crippen LogP contribution is -2.09. The van der Waals surface area contributed by atoms with Crippen LogP contribution in [-0.4, -0.2) is 11.2 Å². The number of halogens is 1. The maximum absolute atomic E-state index is 10.5. The van der Waals surface area contributed by atoms with E-state index >= 15 is 0 Å². The van der Waals surface area contributed by atoms with Crippen LogP contribution in [0.4, 0.5) is 0 Å². The van der Waals surface area contributed by atoms with E-state index in [0.717, 1.165) is 44.1 Å². The number of aromatic hydroxyl groups is 1. The molecule has 1 fully saturated rings. The largest absolute Gasteiger partial charge is 0.506 e. The second kappa shape index (κ2) is 4.11. The van der Waals surface area contributed by atoms with Gasteiger partial charge in [-0.2, -0.15) is 4.99 Å². The molecule has 2 aliphatic rings. The van der Waals surface area contributed by atoms with Gasteiger partial charge in [-0.1, -0.05) is 11.6 Å². The SMILES string of the molecule is O=C=NC1(c2cc3c(c(Cl)c2O)CCCC3)CC1. The lowest BCUT2D eigenvalue weighted by atomic mass is 9.88. The van der Waals surface area contributed by atoms with E-state index < -0.39 is 5.54 Å². The molecule has 94 valence electrons. The van der Waals surface area contributed by atoms with Crippen molar-refractivity contribution in [3.63, 3.8) is 0 Å². The van der Waals surface area contributed by atoms with E-state index in [1.165, 1.54) is 5.56 Å². The summed E-state index contributed by atoms with van der Waals surface area (Å²) in [6.45, 7) is 0. The minimum Gasteiger partial charge on any atom is -0.506 e. The van der Waals surface area contributed by atoms with Crippen LogP contribution in [0.1, 0.15) is 42.4 Å². The summed E-state index contributed by atoms with van der Waals surface area (Å²) >= 11 is 6.26. The number of hydrogen-bond acceptors (Lipinski definition) is 3. The first kappa shape index (κ1) is 11.8. The van der Waals surface area contributed by atoms with Crippen molar-refractivity contribution >= 4 is 17.7 Å². The van der Waals surface area contributed by atoms with Crippen LogP contribution in [0.3, 0.4) is 0 Å². The smallest absolute Gasteiger partial charge is 0.235 e. The maximum Gasteiger partial charge on any atom is 0.235 e. The Bertz CT molecular complexity index is 557. The number of carbonyl (C=O) groups excluding carboxylic acids is 1. The van der Waals surface area contributed by atoms with Crippen molar-refractivity contribution in [1.29, 1.82) is 0 Å². The summed E-state index contributed by atoms with van der Waals surface area (Å²) in [5.41, 5.74) is 2.42. The van der Waals surface area contributed by atoms with Crippen LogP contribution in [0, 0.1) is 0 Å². The van der Waals surface area contributed by atoms with Crippen LogP contribution < -0.4 is 0 Å². The van der Waals surface area contributed by atoms with Crippen molar-refractivity contribution < 1.29 is 9.90 Å². The molecular weight excluding hydrogens is 250 g/mol. The van der Waals surface area contributed by atoms with Gasteiger partial charge in [0.1, 0.15) is 11.3 Å². The Balaban J connectivity index is 2.16. The van der Waals surface area contributed by atoms with E-state index in [2.05, 4.69) is 4.99 Å². The van der Waals surface area contributed by atoms with Gasteiger partial charge in [0.15, 0.2) is 0 Å². The van der Waals surface area contributed by atoms with Gasteiger partial charge in [-0.3, -0.25) is 0 Å². The Hall–Kier alpha value is -1.31. The molecule has 1 saturated carbocycles. The minimum atomic E-state index is -0.554. The lowest BCUT2D eigenvalue weighted by molar-refractivity contribution is 0.457. The number of isocyanates is 1. The van der Waals surface area contributed by atoms with Gasteiger partial charge in [-0.05, 0) is 55.7 Å². The number of aryl methyl sites for hydroxylation is 1. The van der Waals surface area contributed by atoms with Crippen LogP contribution in [0.15, 0.2) is 11.1 Å². The summed E-state index contributed by atoms with van der Waals surface area (Å²) in [5.74, 6) is 0.105. The summed E-state index contributed by atoms with van der Waals surface area (Å²) < 4.78 is 0. The number of phenolic OH excluding ortho intramolecular Hbond substituents is 1. The maximum atomic E-state index is 10.5. The number of fused-ring (bicyclic) bond motifs is 1. The minimum absolute atomic E-state index is 0.105. The molecule has 0 atom stereocenters. The molecule has 1 aromatic carbocycles. The number of hydrogen-bond donors (Lipinski definition) is 1. The monoisotopic (exact) mass is 263 g/mol. The molecule has 1 aromatic rings. The number of aliphatic imine (C=N–C) groups is 1. The van der Waals surface area contributed by atoms with Crippen molar-refractivity contribution in [3.8, 4) is 5.75 Å². The van der Waals surface area contributed by atoms with Gasteiger partial charge in [0.2, 0.25) is 6.08 Å². The zero-order valence-electron chi connectivity index (χ0n) is 10.0. The average Bonchev–Trinajstić information content (AvgIpc) is 3.15. The standard InChI is InChI=1S/C14H14ClNO2/c15-12-10-4-2-1-3-9(10)7-11(13(12)18)14(5-6-14)16-8-17/h7,18H,1-6H2. The molecule has 4 heteroatoms. The fourth-order valence-corrected chi connectivity index (χ4v) is 3.16. The number of rotatable bonds is 2. The molecule has 18 heavy (non-hydrogen) atoms. The Kier molecular flexibility index (Phi) is 2.69. The van der Waals surface area contributed by atoms with Gasteiger partial charge >= 0.3 is 0 Å². The highest BCUT2D eigenvalue weighted by Crippen LogP contribution is 2.54. The first-order valence-electron chi connectivity index (χ1n) is 6.31. The summed E-state index contributed by atoms with van der Waals surface area (Å²) in [4.78, 5) is 14.4. The van der Waals surface area contributed by atoms with E-state index in [9.17, 15) is 9.90 Å². The van der Waals surface area contributed by atoms with Crippen LogP contribution >= 0.6 is 11.6 Å². The molecule has 2 aliphatic carbocycles. The number of phenols is 1. The average molecular weight is 264 g/mol. The topological polar surface area (TPSA) is 49.7 Å². The van der Waals surface area contributed by atoms with Crippen molar-refractivity contribution in [2.24, 2.45) is 4.99 Å². The predicted octanol–water partition coefficient (Wildman–Crippen LogP) is 3.25. The normalized spacial score (nSPS) is 19.8. The van der Waals surface area contributed by atoms with E-state index in [0.29, 0.717) is 10.6 Å². The van der Waals surface area contributed by atoms with Gasteiger partial charge in [0.05, 0.1) is 5.02 Å². The highest BCUT2D eigenvalue weighted by molar-refractivity contribution is 6.33. The second-order valence-corrected chi connectivity index (χ2v) is 5.54. The van der Waals surface area contributed by atoms with E-state index in [1.54, 1.807) is 6.08 Å². The molecule has 0 spiro atoms. The highest BCUT2D eigenvalue weighted by atomic mass is 35.5. The third-order valence-electron chi connectivity index (χ3n) is 4.04. The van der Waals surface area contributed by atoms with Crippen molar-refractivity contribution in [2.45, 2.75) is 44.1 Å². The lowest BCUT2D eigenvalue weighted by Gasteiger charge is -2.21. The third-order valence-corrected chi connectivity index (χ3v) is 4.45. The van der Waals surface area contributed by atoms with E-state index in [-0.39, 0.29) is 5.75 Å². The van der Waals surface area contributed by atoms with E-state index in [4.69, 9.17) is 11.6 Å². The van der Waals surface area contributed by atoms with Crippen LogP contribution in [0.5, 0.6) is 5.75 Å². The van der Waals surface area contributed by atoms with Crippen molar-refractivity contribution in [3.05, 3.63) is 27.8 Å². The first-order valence-corrected chi connectivity index (χ1v) is 6.68. The quantitative estimate of drug-likeness (QED) is 0.658. The summed E-state index contributed by atoms with van der Waals surface area (Å²) in [6.07, 6.45) is 7.36. The molecule has 0 bridgehead atoms. The Morgan fingerprint density at radius 3 is 2.72 bits per heavy atom. The van der Waals surface area contributed by atoms with E-state index in [1.807, 2.05) is 6.07 Å². The van der Waals surface area contributed by atoms with Gasteiger partial charge in [0.25, 0.3) is 0 Å². The molecule has 0 aromatic heterocycles. The molecule has 0 radical (unpaired) electrons. The zero-order chi connectivity index (χ0) is 12.8. The van der Waals surface area contributed by atoms with Gasteiger partial charge in [-0.15, -0.1) is 0 Å². The van der Waals surface area contributed by atoms with Crippen LogP contribution in [0.2, 0.25) is 5.02 Å². The highest BCUT2D eigenvalue weighted by Gasteiger charge is 2.47. The molecular formula is C14H14ClNO2. The number of benzene rings is 1. The second-order valence-electron chi connectivity index (χ2n) is 5.17. The van der Waals surface area contributed by atoms with Crippen LogP contribution in [0.25, 0.3) is 0 Å². The van der Waals surface area contributed by atoms with Gasteiger partial charge < -0.3 is 5.11 Å². The fourth-order valence-electron chi connectivity index (χ4n) is 2.84. The van der Waals surface area contributed by atoms with Crippen molar-refractivity contribution in [2.75, 3.05) is 0 Å². The zero-order valence-corrected chi connectivity index (χ0v) is 10.8. The first-order chi connectivity index (χ1) is 8.68. The number of nitrogens with zero attached hydrogens (tertiary/aromatic N) is 1. The molecule has 0 amide bonds. The Labute approximate surface area is 110 Å². The van der Waals surface area contributed by atoms with Gasteiger partial charge in [-0.25, -0.2) is 4.79 Å². The fraction of sp³-hybridized carbons (Fsp3) is 0.500. The summed E-state index contributed by atoms with van der Waals surface area (Å²) in [5, 5.41) is 10.7. The Morgan fingerprint density at radius 1 is 1.33 bits per heavy atom. The summed E-state index contributed by atoms with van der Waals surface area (Å²) in [6, 6.07) is 1.99. The molecule has 0 aliphatic heterocycles. The molecule has 0 saturated heterocycles. The molecule has 3 rings (SSSR count). The van der Waals surface area contributed by atoms with Crippen LogP contribution in [-0.2, 0) is 23.2 Å². The Morgan fingerprint density at radius 2 is 2.06 bits per heavy atom. The molecule has 0 unspecified atom stereocenters. The molecule has 0 heterocycles. The third kappa shape index (κ3) is 1.66. The molecule has 1 N–H and O–H groups in total.